The van der Waals surface area contributed by atoms with Crippen LogP contribution in [-0.2, 0) is 37.3 Å². The van der Waals surface area contributed by atoms with Crippen LogP contribution in [0.3, 0.4) is 0 Å². The summed E-state index contributed by atoms with van der Waals surface area (Å²) < 4.78 is 80.6. The van der Waals surface area contributed by atoms with Gasteiger partial charge in [-0.25, -0.2) is 26.9 Å². The fraction of sp³-hybridized carbons (Fsp3) is 0.200. The summed E-state index contributed by atoms with van der Waals surface area (Å²) >= 11 is 0. The van der Waals surface area contributed by atoms with E-state index in [0.29, 0.717) is 16.9 Å². The van der Waals surface area contributed by atoms with Gasteiger partial charge in [-0.05, 0) is 57.3 Å². The third kappa shape index (κ3) is 6.90. The van der Waals surface area contributed by atoms with E-state index in [9.17, 15) is 4.39 Å². The number of benzene rings is 6. The Hall–Kier alpha value is -6.38. The third-order valence-electron chi connectivity index (χ3n) is 12.6. The largest absolute Gasteiger partial charge is 2.00 e. The summed E-state index contributed by atoms with van der Waals surface area (Å²) in [7, 11) is 0. The molecule has 4 heterocycles. The van der Waals surface area contributed by atoms with Crippen LogP contribution in [0, 0.1) is 41.2 Å². The Labute approximate surface area is 394 Å². The molecule has 3 aromatic heterocycles. The first kappa shape index (κ1) is 44.8. The van der Waals surface area contributed by atoms with Gasteiger partial charge in [0.1, 0.15) is 11.5 Å². The SMILES string of the molecule is CC(C)(C)c1ccnc(-n2c3[c-]c(N4c5[c-]c(-n6nc(-c7ccccc7)c(-c7c(F)c(F)c(F)c(F)c7F)c6C(C)(C)C)ccc5C(C)(C)c5ccccc54)ccc3c3ccccc32)c1.[Pt+2]. The summed E-state index contributed by atoms with van der Waals surface area (Å²) in [4.78, 5) is 7.00. The molecule has 0 amide bonds. The maximum absolute atomic E-state index is 16.1. The number of hydrogen-bond donors (Lipinski definition) is 0. The van der Waals surface area contributed by atoms with Gasteiger partial charge < -0.3 is 9.47 Å². The zero-order valence-electron chi connectivity index (χ0n) is 37.5. The second kappa shape index (κ2) is 15.9. The fourth-order valence-electron chi connectivity index (χ4n) is 9.39. The number of halogens is 5. The van der Waals surface area contributed by atoms with Gasteiger partial charge in [0.25, 0.3) is 0 Å². The van der Waals surface area contributed by atoms with Gasteiger partial charge in [-0.2, -0.15) is 17.2 Å². The summed E-state index contributed by atoms with van der Waals surface area (Å²) in [5.74, 6) is -9.42. The molecule has 0 radical (unpaired) electrons. The molecule has 0 aliphatic carbocycles. The van der Waals surface area contributed by atoms with Crippen molar-refractivity contribution in [2.45, 2.75) is 71.6 Å². The van der Waals surface area contributed by atoms with Crippen LogP contribution in [0.4, 0.5) is 39.0 Å². The molecule has 1 aliphatic rings. The summed E-state index contributed by atoms with van der Waals surface area (Å²) in [6, 6.07) is 44.7. The molecule has 0 bridgehead atoms. The van der Waals surface area contributed by atoms with Gasteiger partial charge in [0.2, 0.25) is 5.82 Å². The number of anilines is 3. The van der Waals surface area contributed by atoms with Gasteiger partial charge in [0.15, 0.2) is 23.3 Å². The van der Waals surface area contributed by atoms with Crippen LogP contribution >= 0.6 is 0 Å². The molecule has 11 heteroatoms. The van der Waals surface area contributed by atoms with Crippen LogP contribution in [0.15, 0.2) is 121 Å². The first-order chi connectivity index (χ1) is 30.9. The van der Waals surface area contributed by atoms with Crippen molar-refractivity contribution in [1.29, 1.82) is 0 Å². The van der Waals surface area contributed by atoms with Crippen molar-refractivity contribution in [3.8, 4) is 33.9 Å². The van der Waals surface area contributed by atoms with E-state index in [1.165, 1.54) is 4.68 Å². The minimum atomic E-state index is -2.23. The van der Waals surface area contributed by atoms with Crippen LogP contribution < -0.4 is 4.90 Å². The number of nitrogens with zero attached hydrogens (tertiary/aromatic N) is 5. The van der Waals surface area contributed by atoms with Gasteiger partial charge in [-0.1, -0.05) is 139 Å². The number of aromatic nitrogens is 4. The van der Waals surface area contributed by atoms with Crippen LogP contribution in [0.5, 0.6) is 0 Å². The Morgan fingerprint density at radius 1 is 0.591 bits per heavy atom. The van der Waals surface area contributed by atoms with Crippen molar-refractivity contribution in [2.75, 3.05) is 4.90 Å². The molecule has 6 aromatic carbocycles. The Morgan fingerprint density at radius 3 is 1.92 bits per heavy atom. The maximum Gasteiger partial charge on any atom is 2.00 e. The number of hydrogen-bond acceptors (Lipinski definition) is 3. The standard InChI is InChI=1S/C55H44F5N5.Pt/c1-53(2,3)32-26-27-61-43(28-32)64-39-20-14-12-18-35(39)36-24-22-33(29-41(36)64)63-40-21-15-13-19-37(40)55(7,8)38-25-23-34(30-42(38)63)65-52(54(4,5)6)45(51(62-65)31-16-10-9-11-17-31)44-46(56)48(58)50(60)49(59)47(44)57;/h9-28H,1-8H3;/q-2;+2. The minimum Gasteiger partial charge on any atom is -0.358 e. The molecule has 0 N–H and O–H groups in total. The first-order valence-electron chi connectivity index (χ1n) is 21.5. The molecule has 0 spiro atoms. The van der Waals surface area contributed by atoms with Crippen molar-refractivity contribution in [2.24, 2.45) is 0 Å². The quantitative estimate of drug-likeness (QED) is 0.0746. The van der Waals surface area contributed by atoms with Crippen molar-refractivity contribution in [1.82, 2.24) is 19.3 Å². The van der Waals surface area contributed by atoms with Crippen molar-refractivity contribution < 1.29 is 43.0 Å². The predicted molar refractivity (Wildman–Crippen MR) is 248 cm³/mol. The molecule has 0 unspecified atom stereocenters. The van der Waals surface area contributed by atoms with E-state index in [1.807, 2.05) is 75.5 Å². The summed E-state index contributed by atoms with van der Waals surface area (Å²) in [6.45, 7) is 16.3. The van der Waals surface area contributed by atoms with Gasteiger partial charge in [-0.15, -0.1) is 35.2 Å². The smallest absolute Gasteiger partial charge is 0.358 e. The zero-order valence-corrected chi connectivity index (χ0v) is 39.8. The third-order valence-corrected chi connectivity index (χ3v) is 12.6. The number of fused-ring (bicyclic) bond motifs is 5. The first-order valence-corrected chi connectivity index (χ1v) is 21.5. The second-order valence-electron chi connectivity index (χ2n) is 19.2. The number of rotatable bonds is 5. The monoisotopic (exact) mass is 1060 g/mol. The van der Waals surface area contributed by atoms with Gasteiger partial charge in [0, 0.05) is 33.9 Å². The van der Waals surface area contributed by atoms with Crippen LogP contribution in [0.1, 0.15) is 77.8 Å². The van der Waals surface area contributed by atoms with E-state index in [1.54, 1.807) is 30.3 Å². The molecule has 1 aliphatic heterocycles. The molecule has 0 saturated carbocycles. The van der Waals surface area contributed by atoms with E-state index >= 15 is 17.6 Å². The molecule has 9 aromatic rings. The van der Waals surface area contributed by atoms with Crippen LogP contribution in [-0.4, -0.2) is 19.3 Å². The normalized spacial score (nSPS) is 13.5. The molecule has 0 atom stereocenters. The zero-order chi connectivity index (χ0) is 45.9. The summed E-state index contributed by atoms with van der Waals surface area (Å²) in [5, 5.41) is 7.04. The van der Waals surface area contributed by atoms with Crippen molar-refractivity contribution in [3.05, 3.63) is 185 Å². The molecule has 5 nitrogen and oxygen atoms in total. The van der Waals surface area contributed by atoms with Crippen molar-refractivity contribution >= 4 is 38.9 Å². The number of pyridine rings is 1. The molecular weight excluding hydrogens is 1020 g/mol. The minimum absolute atomic E-state index is 0. The van der Waals surface area contributed by atoms with Crippen molar-refractivity contribution in [3.63, 3.8) is 0 Å². The topological polar surface area (TPSA) is 38.9 Å². The molecule has 0 saturated heterocycles. The average molecular weight is 1070 g/mol. The van der Waals surface area contributed by atoms with Gasteiger partial charge in [-0.3, -0.25) is 4.68 Å². The molecule has 334 valence electrons. The average Bonchev–Trinajstić information content (AvgIpc) is 3.85. The Kier molecular flexibility index (Phi) is 10.8. The van der Waals surface area contributed by atoms with Gasteiger partial charge in [0.05, 0.1) is 11.3 Å². The fourth-order valence-corrected chi connectivity index (χ4v) is 9.39. The Balaban J connectivity index is 0.00000548. The van der Waals surface area contributed by atoms with Crippen LogP contribution in [0.25, 0.3) is 55.7 Å². The summed E-state index contributed by atoms with van der Waals surface area (Å²) in [6.07, 6.45) is 1.84. The molecule has 0 fully saturated rings. The molecule has 10 rings (SSSR count). The molecular formula is C55H44F5N5Pt. The Morgan fingerprint density at radius 2 is 1.23 bits per heavy atom. The van der Waals surface area contributed by atoms with E-state index in [0.717, 1.165) is 55.7 Å². The maximum atomic E-state index is 16.1. The summed E-state index contributed by atoms with van der Waals surface area (Å²) in [5.41, 5.74) is 5.44. The van der Waals surface area contributed by atoms with E-state index in [4.69, 9.17) is 10.1 Å². The number of para-hydroxylation sites is 2. The Bertz CT molecular complexity index is 3370. The van der Waals surface area contributed by atoms with E-state index < -0.39 is 45.5 Å². The van der Waals surface area contributed by atoms with E-state index in [-0.39, 0.29) is 43.4 Å². The van der Waals surface area contributed by atoms with E-state index in [2.05, 4.69) is 92.6 Å². The predicted octanol–water partition coefficient (Wildman–Crippen LogP) is 14.7. The van der Waals surface area contributed by atoms with Gasteiger partial charge >= 0.3 is 21.1 Å². The molecule has 66 heavy (non-hydrogen) atoms. The van der Waals surface area contributed by atoms with Crippen LogP contribution in [0.2, 0.25) is 0 Å². The second-order valence-corrected chi connectivity index (χ2v) is 19.2.